The molecule has 0 spiro atoms. The molecule has 0 aliphatic heterocycles. The maximum absolute atomic E-state index is 13.8. The molecule has 2 rings (SSSR count). The van der Waals surface area contributed by atoms with Gasteiger partial charge in [0.05, 0.1) is 12.1 Å². The smallest absolute Gasteiger partial charge is 0.339 e. The van der Waals surface area contributed by atoms with Gasteiger partial charge in [-0.2, -0.15) is 0 Å². The van der Waals surface area contributed by atoms with Crippen molar-refractivity contribution in [1.29, 1.82) is 0 Å². The van der Waals surface area contributed by atoms with Gasteiger partial charge in [0.15, 0.2) is 0 Å². The number of carbonyl (C=O) groups is 2. The molecule has 4 nitrogen and oxygen atoms in total. The molecule has 1 amide bonds. The van der Waals surface area contributed by atoms with Crippen LogP contribution in [0.3, 0.4) is 0 Å². The number of halogens is 3. The first-order valence-corrected chi connectivity index (χ1v) is 7.47. The molecular formula is C18H16F3NO3. The molecule has 0 bridgehead atoms. The summed E-state index contributed by atoms with van der Waals surface area (Å²) in [6, 6.07) is 11.8. The number of hydrogen-bond acceptors (Lipinski definition) is 3. The number of alkyl halides is 2. The van der Waals surface area contributed by atoms with Crippen molar-refractivity contribution in [3.05, 3.63) is 71.0 Å². The Balaban J connectivity index is 2.30. The summed E-state index contributed by atoms with van der Waals surface area (Å²) in [5.41, 5.74) is 0.375. The maximum atomic E-state index is 13.8. The van der Waals surface area contributed by atoms with Crippen LogP contribution in [0.5, 0.6) is 0 Å². The molecule has 1 N–H and O–H groups in total. The van der Waals surface area contributed by atoms with E-state index >= 15 is 0 Å². The number of ether oxygens (including phenoxy) is 1. The molecular weight excluding hydrogens is 335 g/mol. The first-order valence-electron chi connectivity index (χ1n) is 7.47. The van der Waals surface area contributed by atoms with Crippen molar-refractivity contribution >= 4 is 11.9 Å². The molecule has 0 saturated heterocycles. The minimum atomic E-state index is -2.76. The van der Waals surface area contributed by atoms with Gasteiger partial charge in [-0.15, -0.1) is 0 Å². The second-order valence-electron chi connectivity index (χ2n) is 5.24. The third-order valence-corrected chi connectivity index (χ3v) is 3.50. The van der Waals surface area contributed by atoms with Crippen molar-refractivity contribution in [2.45, 2.75) is 19.5 Å². The fourth-order valence-electron chi connectivity index (χ4n) is 2.19. The Bertz CT molecular complexity index is 750. The summed E-state index contributed by atoms with van der Waals surface area (Å²) in [6.45, 7) is 0.515. The second kappa shape index (κ2) is 8.32. The summed E-state index contributed by atoms with van der Waals surface area (Å²) in [4.78, 5) is 24.5. The molecule has 0 fully saturated rings. The molecule has 1 atom stereocenters. The zero-order valence-electron chi connectivity index (χ0n) is 13.3. The summed E-state index contributed by atoms with van der Waals surface area (Å²) in [5, 5.41) is 2.00. The van der Waals surface area contributed by atoms with E-state index in [1.54, 1.807) is 18.2 Å². The predicted octanol–water partition coefficient (Wildman–Crippen LogP) is 3.41. The van der Waals surface area contributed by atoms with Crippen molar-refractivity contribution in [2.24, 2.45) is 0 Å². The highest BCUT2D eigenvalue weighted by Crippen LogP contribution is 2.25. The van der Waals surface area contributed by atoms with Crippen LogP contribution in [0.2, 0.25) is 0 Å². The first kappa shape index (κ1) is 18.5. The van der Waals surface area contributed by atoms with Gasteiger partial charge in [-0.05, 0) is 30.7 Å². The lowest BCUT2D eigenvalue weighted by atomic mass is 10.0. The van der Waals surface area contributed by atoms with Crippen molar-refractivity contribution in [1.82, 2.24) is 5.32 Å². The van der Waals surface area contributed by atoms with E-state index in [1.807, 2.05) is 5.32 Å². The van der Waals surface area contributed by atoms with Crippen LogP contribution in [0.4, 0.5) is 13.2 Å². The Morgan fingerprint density at radius 3 is 2.40 bits per heavy atom. The average Bonchev–Trinajstić information content (AvgIpc) is 2.61. The van der Waals surface area contributed by atoms with E-state index in [1.165, 1.54) is 37.3 Å². The Hall–Kier alpha value is -2.83. The quantitative estimate of drug-likeness (QED) is 0.812. The molecule has 0 saturated carbocycles. The van der Waals surface area contributed by atoms with Gasteiger partial charge in [-0.25, -0.2) is 18.0 Å². The number of benzene rings is 2. The fourth-order valence-corrected chi connectivity index (χ4v) is 2.19. The van der Waals surface area contributed by atoms with Gasteiger partial charge in [-0.1, -0.05) is 30.3 Å². The fraction of sp³-hybridized carbons (Fsp3) is 0.222. The topological polar surface area (TPSA) is 55.4 Å². The van der Waals surface area contributed by atoms with Crippen LogP contribution in [0.1, 0.15) is 27.6 Å². The molecule has 7 heteroatoms. The van der Waals surface area contributed by atoms with Gasteiger partial charge < -0.3 is 10.1 Å². The number of carbonyl (C=O) groups excluding carboxylic acids is 2. The highest BCUT2D eigenvalue weighted by atomic mass is 19.3. The minimum absolute atomic E-state index is 0.0936. The number of amides is 1. The van der Waals surface area contributed by atoms with Crippen molar-refractivity contribution in [3.8, 4) is 0 Å². The van der Waals surface area contributed by atoms with Crippen LogP contribution in [-0.2, 0) is 9.53 Å². The van der Waals surface area contributed by atoms with E-state index in [0.29, 0.717) is 0 Å². The summed E-state index contributed by atoms with van der Waals surface area (Å²) in [5.74, 6) is -2.36. The van der Waals surface area contributed by atoms with Crippen molar-refractivity contribution in [2.75, 3.05) is 6.54 Å². The maximum Gasteiger partial charge on any atom is 0.339 e. The Kier molecular flexibility index (Phi) is 6.16. The van der Waals surface area contributed by atoms with Crippen LogP contribution < -0.4 is 5.32 Å². The van der Waals surface area contributed by atoms with E-state index in [0.717, 1.165) is 0 Å². The number of hydrogen-bond donors (Lipinski definition) is 1. The molecule has 0 aliphatic rings. The lowest BCUT2D eigenvalue weighted by Crippen LogP contribution is -2.35. The molecule has 2 aromatic carbocycles. The Labute approximate surface area is 142 Å². The normalized spacial score (nSPS) is 11.9. The van der Waals surface area contributed by atoms with Crippen LogP contribution in [0.25, 0.3) is 0 Å². The lowest BCUT2D eigenvalue weighted by Gasteiger charge is -2.20. The standard InChI is InChI=1S/C18H16F3NO3/c1-11-13(8-5-9-14(11)19)16(17(23)22-10-15(20)21)25-18(24)12-6-3-2-4-7-12/h2-9,15-16H,10H2,1H3,(H,22,23). The molecule has 0 radical (unpaired) electrons. The minimum Gasteiger partial charge on any atom is -0.444 e. The number of esters is 1. The van der Waals surface area contributed by atoms with Gasteiger partial charge in [0.2, 0.25) is 6.10 Å². The summed E-state index contributed by atoms with van der Waals surface area (Å²) >= 11 is 0. The van der Waals surface area contributed by atoms with Gasteiger partial charge in [0.25, 0.3) is 12.3 Å². The predicted molar refractivity (Wildman–Crippen MR) is 84.7 cm³/mol. The van der Waals surface area contributed by atoms with E-state index in [2.05, 4.69) is 0 Å². The summed E-state index contributed by atoms with van der Waals surface area (Å²) in [7, 11) is 0. The molecule has 2 aromatic rings. The van der Waals surface area contributed by atoms with Gasteiger partial charge in [-0.3, -0.25) is 4.79 Å². The first-order chi connectivity index (χ1) is 11.9. The Morgan fingerprint density at radius 2 is 1.76 bits per heavy atom. The molecule has 1 unspecified atom stereocenters. The summed E-state index contributed by atoms with van der Waals surface area (Å²) < 4.78 is 43.7. The second-order valence-corrected chi connectivity index (χ2v) is 5.24. The van der Waals surface area contributed by atoms with Gasteiger partial charge in [0.1, 0.15) is 5.82 Å². The average molecular weight is 351 g/mol. The molecule has 25 heavy (non-hydrogen) atoms. The highest BCUT2D eigenvalue weighted by Gasteiger charge is 2.28. The van der Waals surface area contributed by atoms with Gasteiger partial charge in [0, 0.05) is 5.56 Å². The SMILES string of the molecule is Cc1c(F)cccc1C(OC(=O)c1ccccc1)C(=O)NCC(F)F. The van der Waals surface area contributed by atoms with E-state index in [9.17, 15) is 22.8 Å². The third kappa shape index (κ3) is 4.82. The van der Waals surface area contributed by atoms with E-state index < -0.39 is 36.8 Å². The Morgan fingerprint density at radius 1 is 1.08 bits per heavy atom. The number of rotatable bonds is 6. The van der Waals surface area contributed by atoms with Crippen LogP contribution in [-0.4, -0.2) is 24.8 Å². The zero-order chi connectivity index (χ0) is 18.4. The van der Waals surface area contributed by atoms with Crippen molar-refractivity contribution in [3.63, 3.8) is 0 Å². The zero-order valence-corrected chi connectivity index (χ0v) is 13.3. The lowest BCUT2D eigenvalue weighted by molar-refractivity contribution is -0.131. The monoisotopic (exact) mass is 351 g/mol. The third-order valence-electron chi connectivity index (χ3n) is 3.50. The van der Waals surface area contributed by atoms with E-state index in [-0.39, 0.29) is 16.7 Å². The van der Waals surface area contributed by atoms with Crippen LogP contribution in [0, 0.1) is 12.7 Å². The highest BCUT2D eigenvalue weighted by molar-refractivity contribution is 5.92. The van der Waals surface area contributed by atoms with E-state index in [4.69, 9.17) is 4.74 Å². The van der Waals surface area contributed by atoms with Gasteiger partial charge >= 0.3 is 5.97 Å². The molecule has 0 heterocycles. The van der Waals surface area contributed by atoms with Crippen LogP contribution in [0.15, 0.2) is 48.5 Å². The van der Waals surface area contributed by atoms with Crippen molar-refractivity contribution < 1.29 is 27.5 Å². The summed E-state index contributed by atoms with van der Waals surface area (Å²) in [6.07, 6.45) is -4.30. The number of nitrogens with one attached hydrogen (secondary N) is 1. The molecule has 0 aromatic heterocycles. The largest absolute Gasteiger partial charge is 0.444 e. The van der Waals surface area contributed by atoms with Crippen LogP contribution >= 0.6 is 0 Å². The molecule has 0 aliphatic carbocycles. The molecule has 132 valence electrons.